The molecule has 1 amide bonds. The number of phenols is 2. The van der Waals surface area contributed by atoms with Crippen LogP contribution >= 0.6 is 0 Å². The van der Waals surface area contributed by atoms with Crippen LogP contribution in [-0.4, -0.2) is 22.7 Å². The van der Waals surface area contributed by atoms with Crippen molar-refractivity contribution in [3.05, 3.63) is 60.2 Å². The largest absolute Gasteiger partial charge is 0.504 e. The number of carbonyl (C=O) groups excluding carboxylic acids is 1. The first-order valence-corrected chi connectivity index (χ1v) is 11.4. The molecular formula is C26H39NO3. The Morgan fingerprint density at radius 3 is 2.13 bits per heavy atom. The van der Waals surface area contributed by atoms with Gasteiger partial charge in [-0.3, -0.25) is 4.79 Å². The molecule has 0 heterocycles. The van der Waals surface area contributed by atoms with Crippen LogP contribution in [0.3, 0.4) is 0 Å². The Hall–Kier alpha value is -2.49. The molecule has 1 aromatic carbocycles. The van der Waals surface area contributed by atoms with E-state index in [4.69, 9.17) is 0 Å². The van der Waals surface area contributed by atoms with Gasteiger partial charge in [-0.1, -0.05) is 62.3 Å². The van der Waals surface area contributed by atoms with E-state index >= 15 is 0 Å². The fourth-order valence-electron chi connectivity index (χ4n) is 3.00. The first-order chi connectivity index (χ1) is 14.6. The van der Waals surface area contributed by atoms with Crippen molar-refractivity contribution < 1.29 is 15.0 Å². The van der Waals surface area contributed by atoms with Crippen LogP contribution in [0.2, 0.25) is 0 Å². The summed E-state index contributed by atoms with van der Waals surface area (Å²) in [5.41, 5.74) is 0.882. The van der Waals surface area contributed by atoms with Crippen LogP contribution in [0.25, 0.3) is 0 Å². The molecule has 4 nitrogen and oxygen atoms in total. The molecule has 1 aromatic rings. The number of amides is 1. The highest BCUT2D eigenvalue weighted by atomic mass is 16.3. The number of benzene rings is 1. The number of phenolic OH excluding ortho intramolecular Hbond substituents is 2. The molecule has 4 heteroatoms. The molecule has 0 radical (unpaired) electrons. The molecule has 0 aliphatic heterocycles. The molecule has 0 spiro atoms. The number of allylic oxidation sites excluding steroid dienone is 6. The third kappa shape index (κ3) is 13.6. The summed E-state index contributed by atoms with van der Waals surface area (Å²) in [4.78, 5) is 11.9. The Morgan fingerprint density at radius 1 is 0.867 bits per heavy atom. The minimum absolute atomic E-state index is 0.0627. The highest BCUT2D eigenvalue weighted by Gasteiger charge is 2.03. The van der Waals surface area contributed by atoms with Gasteiger partial charge in [0, 0.05) is 13.0 Å². The lowest BCUT2D eigenvalue weighted by atomic mass is 10.1. The lowest BCUT2D eigenvalue weighted by Crippen LogP contribution is -2.25. The van der Waals surface area contributed by atoms with E-state index in [2.05, 4.69) is 48.7 Å². The molecule has 30 heavy (non-hydrogen) atoms. The number of unbranched alkanes of at least 4 members (excludes halogenated alkanes) is 5. The third-order valence-electron chi connectivity index (χ3n) is 4.82. The monoisotopic (exact) mass is 413 g/mol. The first-order valence-electron chi connectivity index (χ1n) is 11.4. The molecule has 0 aliphatic rings. The smallest absolute Gasteiger partial charge is 0.220 e. The van der Waals surface area contributed by atoms with Gasteiger partial charge in [0.1, 0.15) is 0 Å². The van der Waals surface area contributed by atoms with Crippen molar-refractivity contribution >= 4 is 5.91 Å². The van der Waals surface area contributed by atoms with E-state index in [1.54, 1.807) is 6.07 Å². The molecule has 0 atom stereocenters. The van der Waals surface area contributed by atoms with E-state index in [9.17, 15) is 15.0 Å². The summed E-state index contributed by atoms with van der Waals surface area (Å²) in [7, 11) is 0. The zero-order valence-electron chi connectivity index (χ0n) is 18.5. The quantitative estimate of drug-likeness (QED) is 0.168. The Bertz CT molecular complexity index is 677. The minimum Gasteiger partial charge on any atom is -0.504 e. The Balaban J connectivity index is 1.96. The highest BCUT2D eigenvalue weighted by molar-refractivity contribution is 5.75. The maximum absolute atomic E-state index is 11.9. The van der Waals surface area contributed by atoms with Gasteiger partial charge in [0.25, 0.3) is 0 Å². The summed E-state index contributed by atoms with van der Waals surface area (Å²) in [6.45, 7) is 2.76. The van der Waals surface area contributed by atoms with Crippen molar-refractivity contribution in [2.45, 2.75) is 77.6 Å². The topological polar surface area (TPSA) is 69.6 Å². The van der Waals surface area contributed by atoms with Crippen LogP contribution < -0.4 is 5.32 Å². The van der Waals surface area contributed by atoms with Gasteiger partial charge in [0.05, 0.1) is 0 Å². The molecule has 0 unspecified atom stereocenters. The zero-order valence-corrected chi connectivity index (χ0v) is 18.5. The molecule has 0 bridgehead atoms. The molecular weight excluding hydrogens is 374 g/mol. The maximum atomic E-state index is 11.9. The molecule has 1 rings (SSSR count). The van der Waals surface area contributed by atoms with Crippen molar-refractivity contribution in [2.24, 2.45) is 0 Å². The van der Waals surface area contributed by atoms with Crippen molar-refractivity contribution in [1.82, 2.24) is 5.32 Å². The first kappa shape index (κ1) is 25.5. The fourth-order valence-corrected chi connectivity index (χ4v) is 3.00. The number of hydrogen-bond acceptors (Lipinski definition) is 3. The Kier molecular flexibility index (Phi) is 14.8. The molecule has 0 saturated carbocycles. The lowest BCUT2D eigenvalue weighted by molar-refractivity contribution is -0.121. The third-order valence-corrected chi connectivity index (χ3v) is 4.82. The number of rotatable bonds is 16. The maximum Gasteiger partial charge on any atom is 0.220 e. The SMILES string of the molecule is CCCCC/C=C\C/C=C\C/C=C\CCCCC(=O)NCCc1ccc(O)c(O)c1. The summed E-state index contributed by atoms with van der Waals surface area (Å²) in [6, 6.07) is 4.73. The summed E-state index contributed by atoms with van der Waals surface area (Å²) < 4.78 is 0. The Labute approximate surface area is 182 Å². The number of aromatic hydroxyl groups is 2. The van der Waals surface area contributed by atoms with Gasteiger partial charge in [-0.15, -0.1) is 0 Å². The van der Waals surface area contributed by atoms with E-state index in [0.29, 0.717) is 19.4 Å². The molecule has 0 aromatic heterocycles. The van der Waals surface area contributed by atoms with Crippen molar-refractivity contribution in [1.29, 1.82) is 0 Å². The number of nitrogens with one attached hydrogen (secondary N) is 1. The van der Waals surface area contributed by atoms with E-state index in [-0.39, 0.29) is 17.4 Å². The van der Waals surface area contributed by atoms with E-state index < -0.39 is 0 Å². The van der Waals surface area contributed by atoms with Crippen LogP contribution in [0.4, 0.5) is 0 Å². The normalized spacial score (nSPS) is 11.8. The lowest BCUT2D eigenvalue weighted by Gasteiger charge is -2.06. The second-order valence-corrected chi connectivity index (χ2v) is 7.55. The van der Waals surface area contributed by atoms with Gasteiger partial charge in [-0.05, 0) is 69.1 Å². The zero-order chi connectivity index (χ0) is 21.9. The molecule has 0 saturated heterocycles. The van der Waals surface area contributed by atoms with Crippen molar-refractivity contribution in [3.8, 4) is 11.5 Å². The van der Waals surface area contributed by atoms with Crippen molar-refractivity contribution in [3.63, 3.8) is 0 Å². The molecule has 0 aliphatic carbocycles. The average molecular weight is 414 g/mol. The molecule has 3 N–H and O–H groups in total. The van der Waals surface area contributed by atoms with Crippen LogP contribution in [0.15, 0.2) is 54.7 Å². The summed E-state index contributed by atoms with van der Waals surface area (Å²) >= 11 is 0. The fraction of sp³-hybridized carbons (Fsp3) is 0.500. The average Bonchev–Trinajstić information content (AvgIpc) is 2.73. The van der Waals surface area contributed by atoms with Crippen LogP contribution in [0, 0.1) is 0 Å². The number of carbonyl (C=O) groups is 1. The second kappa shape index (κ2) is 17.4. The van der Waals surface area contributed by atoms with Crippen molar-refractivity contribution in [2.75, 3.05) is 6.54 Å². The van der Waals surface area contributed by atoms with Gasteiger partial charge in [-0.2, -0.15) is 0 Å². The summed E-state index contributed by atoms with van der Waals surface area (Å²) in [6.07, 6.45) is 24.5. The standard InChI is InChI=1S/C26H39NO3/c1-2-3-4-5-6-7-8-9-10-11-12-13-14-15-16-17-26(30)27-21-20-23-18-19-24(28)25(29)22-23/h6-7,9-10,12-13,18-19,22,28-29H,2-5,8,11,14-17,20-21H2,1H3,(H,27,30)/b7-6-,10-9-,13-12-. The summed E-state index contributed by atoms with van der Waals surface area (Å²) in [5.74, 6) is -0.192. The van der Waals surface area contributed by atoms with E-state index in [1.807, 2.05) is 0 Å². The second-order valence-electron chi connectivity index (χ2n) is 7.55. The molecule has 166 valence electrons. The van der Waals surface area contributed by atoms with Crippen LogP contribution in [0.1, 0.15) is 76.7 Å². The summed E-state index contributed by atoms with van der Waals surface area (Å²) in [5, 5.41) is 21.7. The minimum atomic E-state index is -0.128. The Morgan fingerprint density at radius 2 is 1.50 bits per heavy atom. The highest BCUT2D eigenvalue weighted by Crippen LogP contribution is 2.24. The van der Waals surface area contributed by atoms with Gasteiger partial charge in [-0.25, -0.2) is 0 Å². The van der Waals surface area contributed by atoms with Crippen LogP contribution in [0.5, 0.6) is 11.5 Å². The van der Waals surface area contributed by atoms with Gasteiger partial charge in [0.15, 0.2) is 11.5 Å². The molecule has 0 fully saturated rings. The van der Waals surface area contributed by atoms with E-state index in [0.717, 1.165) is 37.7 Å². The number of hydrogen-bond donors (Lipinski definition) is 3. The van der Waals surface area contributed by atoms with Crippen LogP contribution in [-0.2, 0) is 11.2 Å². The van der Waals surface area contributed by atoms with E-state index in [1.165, 1.54) is 37.8 Å². The van der Waals surface area contributed by atoms with Gasteiger partial charge in [0.2, 0.25) is 5.91 Å². The van der Waals surface area contributed by atoms with Gasteiger partial charge >= 0.3 is 0 Å². The predicted octanol–water partition coefficient (Wildman–Crippen LogP) is 6.35. The predicted molar refractivity (Wildman–Crippen MR) is 126 cm³/mol. The van der Waals surface area contributed by atoms with Gasteiger partial charge < -0.3 is 15.5 Å².